The molecule has 1 aromatic carbocycles. The van der Waals surface area contributed by atoms with Gasteiger partial charge in [0.2, 0.25) is 0 Å². The highest BCUT2D eigenvalue weighted by molar-refractivity contribution is 5.27. The molecule has 0 saturated carbocycles. The molecule has 2 heterocycles. The highest BCUT2D eigenvalue weighted by Crippen LogP contribution is 2.34. The Bertz CT molecular complexity index is 740. The number of halogens is 2. The molecule has 3 rings (SSSR count). The Morgan fingerprint density at radius 1 is 1.32 bits per heavy atom. The van der Waals surface area contributed by atoms with Crippen molar-refractivity contribution in [3.8, 4) is 0 Å². The predicted octanol–water partition coefficient (Wildman–Crippen LogP) is 2.48. The topological polar surface area (TPSA) is 54.2 Å². The molecule has 1 aliphatic rings. The average molecular weight is 348 g/mol. The van der Waals surface area contributed by atoms with Gasteiger partial charge in [0.1, 0.15) is 17.2 Å². The highest BCUT2D eigenvalue weighted by Gasteiger charge is 2.42. The van der Waals surface area contributed by atoms with Crippen molar-refractivity contribution in [1.29, 1.82) is 0 Å². The maximum absolute atomic E-state index is 14.5. The van der Waals surface area contributed by atoms with Gasteiger partial charge < -0.3 is 5.11 Å². The lowest BCUT2D eigenvalue weighted by molar-refractivity contribution is -0.0659. The standard InChI is InChI=1S/C18H22F2N4O/c1-13-5-8-23(9-6-13)14(2)18(25,12-24-10-7-21-22-24)16-4-3-15(19)11-17(16)20/h3-4,7,10-11,14,25H,1,5-6,8-9,12H2,2H3. The third-order valence-electron chi connectivity index (χ3n) is 5.02. The zero-order chi connectivity index (χ0) is 18.0. The van der Waals surface area contributed by atoms with Crippen molar-refractivity contribution in [3.63, 3.8) is 0 Å². The number of likely N-dealkylation sites (tertiary alicyclic amines) is 1. The Morgan fingerprint density at radius 3 is 2.64 bits per heavy atom. The Balaban J connectivity index is 1.97. The Labute approximate surface area is 145 Å². The summed E-state index contributed by atoms with van der Waals surface area (Å²) in [7, 11) is 0. The first-order chi connectivity index (χ1) is 11.9. The van der Waals surface area contributed by atoms with Crippen LogP contribution in [-0.2, 0) is 12.1 Å². The summed E-state index contributed by atoms with van der Waals surface area (Å²) in [6, 6.07) is 2.87. The second-order valence-electron chi connectivity index (χ2n) is 6.61. The van der Waals surface area contributed by atoms with Crippen LogP contribution in [0.15, 0.2) is 42.7 Å². The van der Waals surface area contributed by atoms with Crippen LogP contribution < -0.4 is 0 Å². The van der Waals surface area contributed by atoms with E-state index in [9.17, 15) is 13.9 Å². The Morgan fingerprint density at radius 2 is 2.04 bits per heavy atom. The molecule has 134 valence electrons. The van der Waals surface area contributed by atoms with Gasteiger partial charge >= 0.3 is 0 Å². The number of aliphatic hydroxyl groups is 1. The van der Waals surface area contributed by atoms with E-state index in [4.69, 9.17) is 0 Å². The van der Waals surface area contributed by atoms with Gasteiger partial charge in [0, 0.05) is 37.0 Å². The van der Waals surface area contributed by atoms with Crippen LogP contribution in [0.5, 0.6) is 0 Å². The molecule has 2 aromatic rings. The normalized spacial score (nSPS) is 19.6. The maximum atomic E-state index is 14.5. The average Bonchev–Trinajstić information content (AvgIpc) is 3.07. The van der Waals surface area contributed by atoms with E-state index in [1.807, 2.05) is 6.92 Å². The van der Waals surface area contributed by atoms with E-state index >= 15 is 0 Å². The van der Waals surface area contributed by atoms with Crippen molar-refractivity contribution in [2.45, 2.75) is 38.0 Å². The molecule has 1 N–H and O–H groups in total. The third-order valence-corrected chi connectivity index (χ3v) is 5.02. The minimum absolute atomic E-state index is 0.0220. The number of piperidine rings is 1. The fourth-order valence-electron chi connectivity index (χ4n) is 3.38. The van der Waals surface area contributed by atoms with Gasteiger partial charge in [-0.05, 0) is 25.8 Å². The SMILES string of the molecule is C=C1CCN(C(C)C(O)(Cn2ccnn2)c2ccc(F)cc2F)CC1. The molecule has 1 aromatic heterocycles. The molecule has 2 atom stereocenters. The van der Waals surface area contributed by atoms with Crippen molar-refractivity contribution in [2.24, 2.45) is 0 Å². The summed E-state index contributed by atoms with van der Waals surface area (Å²) in [4.78, 5) is 2.11. The van der Waals surface area contributed by atoms with Crippen molar-refractivity contribution >= 4 is 0 Å². The van der Waals surface area contributed by atoms with E-state index < -0.39 is 23.3 Å². The smallest absolute Gasteiger partial charge is 0.132 e. The fraction of sp³-hybridized carbons (Fsp3) is 0.444. The first kappa shape index (κ1) is 17.7. The van der Waals surface area contributed by atoms with Crippen LogP contribution in [0.25, 0.3) is 0 Å². The molecule has 1 aliphatic heterocycles. The van der Waals surface area contributed by atoms with Crippen molar-refractivity contribution in [1.82, 2.24) is 19.9 Å². The molecule has 0 amide bonds. The molecule has 0 radical (unpaired) electrons. The number of hydrogen-bond acceptors (Lipinski definition) is 4. The third kappa shape index (κ3) is 3.62. The van der Waals surface area contributed by atoms with Gasteiger partial charge in [0.05, 0.1) is 12.7 Å². The lowest BCUT2D eigenvalue weighted by atomic mass is 9.84. The second-order valence-corrected chi connectivity index (χ2v) is 6.61. The molecule has 25 heavy (non-hydrogen) atoms. The van der Waals surface area contributed by atoms with E-state index in [2.05, 4.69) is 21.8 Å². The largest absolute Gasteiger partial charge is 0.381 e. The van der Waals surface area contributed by atoms with Crippen molar-refractivity contribution in [2.75, 3.05) is 13.1 Å². The number of aromatic nitrogens is 3. The lowest BCUT2D eigenvalue weighted by Gasteiger charge is -2.43. The zero-order valence-electron chi connectivity index (χ0n) is 14.2. The molecular formula is C18H22F2N4O. The monoisotopic (exact) mass is 348 g/mol. The zero-order valence-corrected chi connectivity index (χ0v) is 14.2. The van der Waals surface area contributed by atoms with E-state index in [0.29, 0.717) is 0 Å². The fourth-order valence-corrected chi connectivity index (χ4v) is 3.38. The summed E-state index contributed by atoms with van der Waals surface area (Å²) in [6.45, 7) is 7.35. The minimum atomic E-state index is -1.58. The van der Waals surface area contributed by atoms with Crippen LogP contribution in [0.3, 0.4) is 0 Å². The molecule has 1 saturated heterocycles. The predicted molar refractivity (Wildman–Crippen MR) is 89.7 cm³/mol. The van der Waals surface area contributed by atoms with Crippen LogP contribution >= 0.6 is 0 Å². The van der Waals surface area contributed by atoms with Gasteiger partial charge in [-0.25, -0.2) is 13.5 Å². The van der Waals surface area contributed by atoms with Gasteiger partial charge in [-0.15, -0.1) is 5.10 Å². The summed E-state index contributed by atoms with van der Waals surface area (Å²) < 4.78 is 29.3. The van der Waals surface area contributed by atoms with Gasteiger partial charge in [-0.3, -0.25) is 4.90 Å². The summed E-state index contributed by atoms with van der Waals surface area (Å²) in [5.74, 6) is -1.44. The molecule has 2 unspecified atom stereocenters. The van der Waals surface area contributed by atoms with Crippen molar-refractivity contribution < 1.29 is 13.9 Å². The van der Waals surface area contributed by atoms with E-state index in [0.717, 1.165) is 38.1 Å². The minimum Gasteiger partial charge on any atom is -0.381 e. The Hall–Kier alpha value is -2.12. The quantitative estimate of drug-likeness (QED) is 0.844. The van der Waals surface area contributed by atoms with Gasteiger partial charge in [-0.1, -0.05) is 23.4 Å². The van der Waals surface area contributed by atoms with Gasteiger partial charge in [0.25, 0.3) is 0 Å². The first-order valence-corrected chi connectivity index (χ1v) is 8.33. The van der Waals surface area contributed by atoms with E-state index in [1.165, 1.54) is 22.5 Å². The molecule has 5 nitrogen and oxygen atoms in total. The maximum Gasteiger partial charge on any atom is 0.132 e. The summed E-state index contributed by atoms with van der Waals surface area (Å²) in [6.07, 6.45) is 4.79. The number of benzene rings is 1. The lowest BCUT2D eigenvalue weighted by Crippen LogP contribution is -2.53. The molecule has 7 heteroatoms. The van der Waals surface area contributed by atoms with E-state index in [-0.39, 0.29) is 12.1 Å². The molecule has 1 fully saturated rings. The molecule has 0 spiro atoms. The van der Waals surface area contributed by atoms with E-state index in [1.54, 1.807) is 6.20 Å². The molecule has 0 aliphatic carbocycles. The number of nitrogens with zero attached hydrogens (tertiary/aromatic N) is 4. The summed E-state index contributed by atoms with van der Waals surface area (Å²) in [5, 5.41) is 19.1. The highest BCUT2D eigenvalue weighted by atomic mass is 19.1. The molecule has 0 bridgehead atoms. The Kier molecular flexibility index (Phi) is 4.96. The summed E-state index contributed by atoms with van der Waals surface area (Å²) >= 11 is 0. The second kappa shape index (κ2) is 7.01. The van der Waals surface area contributed by atoms with Crippen LogP contribution in [-0.4, -0.2) is 44.1 Å². The van der Waals surface area contributed by atoms with Crippen LogP contribution in [0.4, 0.5) is 8.78 Å². The number of hydrogen-bond donors (Lipinski definition) is 1. The molecular weight excluding hydrogens is 326 g/mol. The van der Waals surface area contributed by atoms with Gasteiger partial charge in [-0.2, -0.15) is 0 Å². The first-order valence-electron chi connectivity index (χ1n) is 8.33. The van der Waals surface area contributed by atoms with Crippen LogP contribution in [0, 0.1) is 11.6 Å². The summed E-state index contributed by atoms with van der Waals surface area (Å²) in [5.41, 5.74) is -0.345. The van der Waals surface area contributed by atoms with Crippen LogP contribution in [0.1, 0.15) is 25.3 Å². The van der Waals surface area contributed by atoms with Gasteiger partial charge in [0.15, 0.2) is 0 Å². The van der Waals surface area contributed by atoms with Crippen molar-refractivity contribution in [3.05, 3.63) is 59.9 Å². The number of rotatable bonds is 5. The van der Waals surface area contributed by atoms with Crippen LogP contribution in [0.2, 0.25) is 0 Å².